The normalized spacial score (nSPS) is 10.1. The Bertz CT molecular complexity index is 573. The quantitative estimate of drug-likeness (QED) is 0.579. The topological polar surface area (TPSA) is 79.2 Å². The molecule has 0 aromatic carbocycles. The van der Waals surface area contributed by atoms with Crippen molar-refractivity contribution in [2.75, 3.05) is 12.4 Å². The Morgan fingerprint density at radius 2 is 1.95 bits per heavy atom. The van der Waals surface area contributed by atoms with E-state index in [0.29, 0.717) is 27.4 Å². The van der Waals surface area contributed by atoms with Crippen molar-refractivity contribution in [3.05, 3.63) is 16.0 Å². The molecule has 0 radical (unpaired) electrons. The summed E-state index contributed by atoms with van der Waals surface area (Å²) in [5, 5.41) is 12.4. The molecule has 22 heavy (non-hydrogen) atoms. The van der Waals surface area contributed by atoms with E-state index < -0.39 is 5.97 Å². The first-order chi connectivity index (χ1) is 10.5. The molecule has 0 saturated heterocycles. The third-order valence-corrected chi connectivity index (χ3v) is 4.58. The maximum absolute atomic E-state index is 11.9. The van der Waals surface area contributed by atoms with Crippen LogP contribution < -0.4 is 5.32 Å². The van der Waals surface area contributed by atoms with Crippen LogP contribution in [-0.2, 0) is 9.53 Å². The summed E-state index contributed by atoms with van der Waals surface area (Å²) in [7, 11) is 1.29. The molecule has 0 bridgehead atoms. The van der Waals surface area contributed by atoms with E-state index in [-0.39, 0.29) is 5.91 Å². The van der Waals surface area contributed by atoms with Crippen LogP contribution in [0.2, 0.25) is 0 Å². The number of rotatable bonds is 8. The third-order valence-electron chi connectivity index (χ3n) is 3.39. The maximum atomic E-state index is 11.9. The molecule has 1 amide bonds. The van der Waals surface area contributed by atoms with Gasteiger partial charge in [0.1, 0.15) is 15.9 Å². The van der Waals surface area contributed by atoms with Gasteiger partial charge in [-0.25, -0.2) is 4.79 Å². The first-order valence-corrected chi connectivity index (χ1v) is 8.28. The van der Waals surface area contributed by atoms with Crippen LogP contribution in [-0.4, -0.2) is 19.0 Å². The smallest absolute Gasteiger partial charge is 0.348 e. The number of carbonyl (C=O) groups is 2. The lowest BCUT2D eigenvalue weighted by Crippen LogP contribution is -2.10. The minimum atomic E-state index is -0.487. The van der Waals surface area contributed by atoms with Crippen molar-refractivity contribution in [2.24, 2.45) is 0 Å². The van der Waals surface area contributed by atoms with Gasteiger partial charge in [-0.2, -0.15) is 5.26 Å². The van der Waals surface area contributed by atoms with Gasteiger partial charge in [0.15, 0.2) is 0 Å². The zero-order valence-corrected chi connectivity index (χ0v) is 14.1. The number of carbonyl (C=O) groups excluding carboxylic acids is 2. The molecule has 0 unspecified atom stereocenters. The summed E-state index contributed by atoms with van der Waals surface area (Å²) in [6, 6.07) is 2.04. The first-order valence-electron chi connectivity index (χ1n) is 7.46. The lowest BCUT2D eigenvalue weighted by molar-refractivity contribution is -0.116. The number of nitriles is 1. The Hall–Kier alpha value is -1.87. The minimum absolute atomic E-state index is 0.120. The Morgan fingerprint density at radius 1 is 1.27 bits per heavy atom. The molecule has 0 aliphatic heterocycles. The Kier molecular flexibility index (Phi) is 7.61. The molecule has 0 saturated carbocycles. The fraction of sp³-hybridized carbons (Fsp3) is 0.562. The fourth-order valence-corrected chi connectivity index (χ4v) is 3.19. The van der Waals surface area contributed by atoms with Gasteiger partial charge in [-0.1, -0.05) is 32.6 Å². The van der Waals surface area contributed by atoms with Gasteiger partial charge >= 0.3 is 5.97 Å². The standard InChI is InChI=1S/C16H22N2O3S/c1-4-5-6-7-8-9-13(19)18-15-12(10-17)11(2)14(22-15)16(20)21-3/h4-9H2,1-3H3,(H,18,19). The zero-order chi connectivity index (χ0) is 16.5. The summed E-state index contributed by atoms with van der Waals surface area (Å²) in [5.41, 5.74) is 0.891. The summed E-state index contributed by atoms with van der Waals surface area (Å²) in [4.78, 5) is 23.9. The number of hydrogen-bond donors (Lipinski definition) is 1. The number of esters is 1. The number of nitrogens with zero attached hydrogens (tertiary/aromatic N) is 1. The van der Waals surface area contributed by atoms with Gasteiger partial charge in [-0.15, -0.1) is 11.3 Å². The van der Waals surface area contributed by atoms with E-state index in [1.165, 1.54) is 20.0 Å². The lowest BCUT2D eigenvalue weighted by atomic mass is 10.1. The minimum Gasteiger partial charge on any atom is -0.465 e. The molecule has 6 heteroatoms. The van der Waals surface area contributed by atoms with Gasteiger partial charge < -0.3 is 10.1 Å². The Labute approximate surface area is 135 Å². The monoisotopic (exact) mass is 322 g/mol. The van der Waals surface area contributed by atoms with Crippen LogP contribution >= 0.6 is 11.3 Å². The molecule has 1 rings (SSSR count). The second-order valence-corrected chi connectivity index (χ2v) is 6.10. The number of thiophene rings is 1. The van der Waals surface area contributed by atoms with E-state index in [4.69, 9.17) is 0 Å². The number of methoxy groups -OCH3 is 1. The number of ether oxygens (including phenoxy) is 1. The first kappa shape index (κ1) is 18.2. The average Bonchev–Trinajstić information content (AvgIpc) is 2.82. The molecule has 5 nitrogen and oxygen atoms in total. The van der Waals surface area contributed by atoms with Crippen molar-refractivity contribution >= 4 is 28.2 Å². The Morgan fingerprint density at radius 3 is 2.55 bits per heavy atom. The van der Waals surface area contributed by atoms with E-state index in [1.54, 1.807) is 6.92 Å². The maximum Gasteiger partial charge on any atom is 0.348 e. The number of hydrogen-bond acceptors (Lipinski definition) is 5. The highest BCUT2D eigenvalue weighted by molar-refractivity contribution is 7.18. The van der Waals surface area contributed by atoms with Gasteiger partial charge in [-0.05, 0) is 18.9 Å². The van der Waals surface area contributed by atoms with Crippen LogP contribution in [0.15, 0.2) is 0 Å². The van der Waals surface area contributed by atoms with E-state index >= 15 is 0 Å². The van der Waals surface area contributed by atoms with Crippen LogP contribution in [0.1, 0.15) is 66.2 Å². The highest BCUT2D eigenvalue weighted by Crippen LogP contribution is 2.33. The molecule has 120 valence electrons. The molecule has 1 N–H and O–H groups in total. The van der Waals surface area contributed by atoms with E-state index in [9.17, 15) is 14.9 Å². The third kappa shape index (κ3) is 4.85. The van der Waals surface area contributed by atoms with Crippen molar-refractivity contribution in [1.82, 2.24) is 0 Å². The van der Waals surface area contributed by atoms with E-state index in [0.717, 1.165) is 30.6 Å². The predicted molar refractivity (Wildman–Crippen MR) is 87.1 cm³/mol. The molecule has 0 aliphatic carbocycles. The largest absolute Gasteiger partial charge is 0.465 e. The molecule has 0 atom stereocenters. The van der Waals surface area contributed by atoms with Crippen molar-refractivity contribution < 1.29 is 14.3 Å². The number of nitrogens with one attached hydrogen (secondary N) is 1. The SMILES string of the molecule is CCCCCCCC(=O)Nc1sc(C(=O)OC)c(C)c1C#N. The number of unbranched alkanes of at least 4 members (excludes halogenated alkanes) is 4. The van der Waals surface area contributed by atoms with Crippen molar-refractivity contribution in [1.29, 1.82) is 5.26 Å². The lowest BCUT2D eigenvalue weighted by Gasteiger charge is -2.03. The highest BCUT2D eigenvalue weighted by atomic mass is 32.1. The molecule has 0 aliphatic rings. The molecule has 1 aromatic rings. The van der Waals surface area contributed by atoms with Gasteiger partial charge in [0.05, 0.1) is 12.7 Å². The van der Waals surface area contributed by atoms with Crippen LogP contribution in [0.5, 0.6) is 0 Å². The van der Waals surface area contributed by atoms with Crippen molar-refractivity contribution in [3.8, 4) is 6.07 Å². The van der Waals surface area contributed by atoms with Crippen LogP contribution in [0.25, 0.3) is 0 Å². The summed E-state index contributed by atoms with van der Waals surface area (Å²) >= 11 is 1.09. The molecule has 1 aromatic heterocycles. The average molecular weight is 322 g/mol. The van der Waals surface area contributed by atoms with Gasteiger partial charge in [0, 0.05) is 6.42 Å². The molecular formula is C16H22N2O3S. The van der Waals surface area contributed by atoms with E-state index in [2.05, 4.69) is 17.0 Å². The fourth-order valence-electron chi connectivity index (χ4n) is 2.10. The van der Waals surface area contributed by atoms with Gasteiger partial charge in [0.25, 0.3) is 0 Å². The van der Waals surface area contributed by atoms with Gasteiger partial charge in [0.2, 0.25) is 5.91 Å². The summed E-state index contributed by atoms with van der Waals surface area (Å²) < 4.78 is 4.69. The molecular weight excluding hydrogens is 300 g/mol. The van der Waals surface area contributed by atoms with Crippen LogP contribution in [0, 0.1) is 18.3 Å². The van der Waals surface area contributed by atoms with E-state index in [1.807, 2.05) is 6.07 Å². The van der Waals surface area contributed by atoms with Crippen molar-refractivity contribution in [3.63, 3.8) is 0 Å². The summed E-state index contributed by atoms with van der Waals surface area (Å²) in [5.74, 6) is -0.607. The zero-order valence-electron chi connectivity index (χ0n) is 13.3. The summed E-state index contributed by atoms with van der Waals surface area (Å²) in [6.45, 7) is 3.83. The van der Waals surface area contributed by atoms with Crippen molar-refractivity contribution in [2.45, 2.75) is 52.4 Å². The predicted octanol–water partition coefficient (Wildman–Crippen LogP) is 4.01. The van der Waals surface area contributed by atoms with Gasteiger partial charge in [-0.3, -0.25) is 4.79 Å². The molecule has 0 spiro atoms. The summed E-state index contributed by atoms with van der Waals surface area (Å²) in [6.07, 6.45) is 5.79. The second kappa shape index (κ2) is 9.21. The Balaban J connectivity index is 2.67. The molecule has 1 heterocycles. The van der Waals surface area contributed by atoms with Crippen LogP contribution in [0.3, 0.4) is 0 Å². The molecule has 0 fully saturated rings. The highest BCUT2D eigenvalue weighted by Gasteiger charge is 2.21. The number of anilines is 1. The second-order valence-electron chi connectivity index (χ2n) is 5.08. The number of amides is 1. The van der Waals surface area contributed by atoms with Crippen LogP contribution in [0.4, 0.5) is 5.00 Å².